The van der Waals surface area contributed by atoms with Gasteiger partial charge in [0, 0.05) is 32.7 Å². The van der Waals surface area contributed by atoms with Crippen LogP contribution in [0.5, 0.6) is 0 Å². The second-order valence-corrected chi connectivity index (χ2v) is 0. The largest absolute Gasteiger partial charge is 0.680 e. The summed E-state index contributed by atoms with van der Waals surface area (Å²) in [6.07, 6.45) is 0. The van der Waals surface area contributed by atoms with E-state index in [-0.39, 0.29) is 32.7 Å². The van der Waals surface area contributed by atoms with E-state index in [4.69, 9.17) is 5.73 Å². The van der Waals surface area contributed by atoms with Gasteiger partial charge < -0.3 is 11.5 Å². The van der Waals surface area contributed by atoms with E-state index < -0.39 is 0 Å². The maximum absolute atomic E-state index is 5.75. The Morgan fingerprint density at radius 3 is 1.40 bits per heavy atom. The molecule has 3 N–H and O–H groups in total. The topological polar surface area (TPSA) is 49.8 Å². The van der Waals surface area contributed by atoms with Gasteiger partial charge in [0.15, 0.2) is 0 Å². The molecule has 2 nitrogen and oxygen atoms in total. The molecule has 31 valence electrons. The fourth-order valence-corrected chi connectivity index (χ4v) is 0. The SMILES string of the molecule is C[NH-].[CH2-]N.[Y]. The first kappa shape index (κ1) is 16.6. The van der Waals surface area contributed by atoms with Gasteiger partial charge in [-0.2, -0.15) is 7.05 Å². The van der Waals surface area contributed by atoms with Crippen molar-refractivity contribution in [2.75, 3.05) is 7.05 Å². The molecule has 0 fully saturated rings. The van der Waals surface area contributed by atoms with E-state index in [1.165, 1.54) is 7.05 Å². The summed E-state index contributed by atoms with van der Waals surface area (Å²) >= 11 is 0. The molecule has 0 saturated carbocycles. The molecular weight excluding hydrogens is 141 g/mol. The maximum Gasteiger partial charge on any atom is 0 e. The molecule has 0 aromatic heterocycles. The fourth-order valence-electron chi connectivity index (χ4n) is 0. The Labute approximate surface area is 58.2 Å². The molecule has 0 amide bonds. The number of rotatable bonds is 0. The zero-order chi connectivity index (χ0) is 4.00. The van der Waals surface area contributed by atoms with Gasteiger partial charge in [-0.05, 0) is 0 Å². The van der Waals surface area contributed by atoms with Gasteiger partial charge in [-0.1, -0.05) is 0 Å². The van der Waals surface area contributed by atoms with Crippen molar-refractivity contribution in [3.05, 3.63) is 12.8 Å². The van der Waals surface area contributed by atoms with Crippen molar-refractivity contribution in [2.45, 2.75) is 0 Å². The summed E-state index contributed by atoms with van der Waals surface area (Å²) in [6, 6.07) is 0. The Morgan fingerprint density at radius 2 is 1.40 bits per heavy atom. The number of hydrogen-bond donors (Lipinski definition) is 1. The molecule has 0 rings (SSSR count). The number of nitrogens with one attached hydrogen (secondary N) is 1. The van der Waals surface area contributed by atoms with E-state index in [0.717, 1.165) is 0 Å². The van der Waals surface area contributed by atoms with Gasteiger partial charge in [-0.15, -0.1) is 0 Å². The van der Waals surface area contributed by atoms with Crippen LogP contribution in [-0.2, 0) is 32.7 Å². The molecule has 0 unspecified atom stereocenters. The van der Waals surface area contributed by atoms with Crippen LogP contribution in [0, 0.1) is 7.05 Å². The van der Waals surface area contributed by atoms with Crippen LogP contribution in [0.25, 0.3) is 5.73 Å². The Hall–Kier alpha value is 1.02. The van der Waals surface area contributed by atoms with Crippen LogP contribution in [0.3, 0.4) is 0 Å². The molecule has 0 aliphatic heterocycles. The van der Waals surface area contributed by atoms with Crippen LogP contribution in [-0.4, -0.2) is 7.05 Å². The normalized spacial score (nSPS) is 2.40. The summed E-state index contributed by atoms with van der Waals surface area (Å²) in [5.74, 6) is 0. The molecule has 5 heavy (non-hydrogen) atoms. The van der Waals surface area contributed by atoms with E-state index in [9.17, 15) is 0 Å². The molecule has 0 heterocycles. The zero-order valence-corrected chi connectivity index (χ0v) is 6.20. The van der Waals surface area contributed by atoms with Crippen molar-refractivity contribution in [1.82, 2.24) is 0 Å². The first-order valence-electron chi connectivity index (χ1n) is 0.908. The van der Waals surface area contributed by atoms with Crippen molar-refractivity contribution >= 4 is 0 Å². The van der Waals surface area contributed by atoms with E-state index in [2.05, 4.69) is 12.8 Å². The van der Waals surface area contributed by atoms with Crippen molar-refractivity contribution in [2.24, 2.45) is 5.73 Å². The molecule has 0 saturated heterocycles. The van der Waals surface area contributed by atoms with Crippen LogP contribution >= 0.6 is 0 Å². The molecule has 0 atom stereocenters. The second kappa shape index (κ2) is 77.6. The third-order valence-electron chi connectivity index (χ3n) is 0. The standard InChI is InChI=1S/2CH4N.Y/c2*1-2;/h2H,1H3;1-2H2;/q2*-1;. The van der Waals surface area contributed by atoms with Gasteiger partial charge in [0.2, 0.25) is 0 Å². The summed E-state index contributed by atoms with van der Waals surface area (Å²) < 4.78 is 0. The van der Waals surface area contributed by atoms with Gasteiger partial charge in [0.1, 0.15) is 0 Å². The van der Waals surface area contributed by atoms with Crippen molar-refractivity contribution < 1.29 is 32.7 Å². The van der Waals surface area contributed by atoms with Crippen molar-refractivity contribution in [1.29, 1.82) is 0 Å². The minimum Gasteiger partial charge on any atom is -0.680 e. The molecule has 0 aliphatic rings. The first-order valence-corrected chi connectivity index (χ1v) is 0.908. The van der Waals surface area contributed by atoms with E-state index in [0.29, 0.717) is 0 Å². The molecule has 0 spiro atoms. The van der Waals surface area contributed by atoms with Gasteiger partial charge >= 0.3 is 0 Å². The average Bonchev–Trinajstić information content (AvgIpc) is 1.50. The molecule has 1 radical (unpaired) electrons. The monoisotopic (exact) mass is 149 g/mol. The van der Waals surface area contributed by atoms with Crippen LogP contribution in [0.1, 0.15) is 0 Å². The third kappa shape index (κ3) is 43.8. The van der Waals surface area contributed by atoms with Gasteiger partial charge in [-0.3, -0.25) is 7.05 Å². The number of hydrogen-bond acceptors (Lipinski definition) is 1. The van der Waals surface area contributed by atoms with E-state index in [1.54, 1.807) is 0 Å². The predicted octanol–water partition coefficient (Wildman–Crippen LogP) is 0.403. The van der Waals surface area contributed by atoms with Gasteiger partial charge in [0.05, 0.1) is 0 Å². The Morgan fingerprint density at radius 1 is 1.40 bits per heavy atom. The van der Waals surface area contributed by atoms with Crippen LogP contribution in [0.4, 0.5) is 0 Å². The first-order chi connectivity index (χ1) is 2.00. The Kier molecular flexibility index (Phi) is 258. The molecule has 0 bridgehead atoms. The van der Waals surface area contributed by atoms with E-state index in [1.807, 2.05) is 0 Å². The predicted molar refractivity (Wildman–Crippen MR) is 19.8 cm³/mol. The molecular formula is C2H8N2Y-2. The summed E-state index contributed by atoms with van der Waals surface area (Å²) in [5.41, 5.74) is 10.0. The zero-order valence-electron chi connectivity index (χ0n) is 3.36. The quantitative estimate of drug-likeness (QED) is 0.498. The smallest absolute Gasteiger partial charge is 0 e. The molecule has 0 aromatic rings. The number of nitrogens with two attached hydrogens (primary N) is 1. The van der Waals surface area contributed by atoms with E-state index >= 15 is 0 Å². The van der Waals surface area contributed by atoms with Crippen LogP contribution in [0.15, 0.2) is 0 Å². The Bertz CT molecular complexity index is 7.61. The molecule has 0 aromatic carbocycles. The molecule has 0 aliphatic carbocycles. The summed E-state index contributed by atoms with van der Waals surface area (Å²) in [7, 11) is 4.00. The third-order valence-corrected chi connectivity index (χ3v) is 0. The summed E-state index contributed by atoms with van der Waals surface area (Å²) in [4.78, 5) is 0. The van der Waals surface area contributed by atoms with Gasteiger partial charge in [0.25, 0.3) is 0 Å². The van der Waals surface area contributed by atoms with Crippen LogP contribution < -0.4 is 5.73 Å². The Balaban J connectivity index is -0.0000000133. The molecule has 3 heteroatoms. The fraction of sp³-hybridized carbons (Fsp3) is 0.500. The summed E-state index contributed by atoms with van der Waals surface area (Å²) in [5, 5.41) is 0. The van der Waals surface area contributed by atoms with Crippen molar-refractivity contribution in [3.63, 3.8) is 0 Å². The second-order valence-electron chi connectivity index (χ2n) is 0. The maximum atomic E-state index is 5.75. The van der Waals surface area contributed by atoms with Crippen LogP contribution in [0.2, 0.25) is 0 Å². The van der Waals surface area contributed by atoms with Crippen molar-refractivity contribution in [3.8, 4) is 0 Å². The average molecular weight is 149 g/mol. The summed E-state index contributed by atoms with van der Waals surface area (Å²) in [6.45, 7) is 0. The van der Waals surface area contributed by atoms with Gasteiger partial charge in [-0.25, -0.2) is 0 Å². The minimum atomic E-state index is 0. The minimum absolute atomic E-state index is 0.